The number of fused-ring (bicyclic) bond motifs is 1. The Morgan fingerprint density at radius 2 is 1.96 bits per heavy atom. The predicted octanol–water partition coefficient (Wildman–Crippen LogP) is 4.55. The monoisotopic (exact) mass is 337 g/mol. The summed E-state index contributed by atoms with van der Waals surface area (Å²) in [6.45, 7) is 4.09. The van der Waals surface area contributed by atoms with Crippen molar-refractivity contribution >= 4 is 5.91 Å². The molecule has 2 aromatic carbocycles. The molecular formula is C22H27NO2. The lowest BCUT2D eigenvalue weighted by atomic mass is 9.85. The maximum absolute atomic E-state index is 12.8. The van der Waals surface area contributed by atoms with Crippen molar-refractivity contribution < 1.29 is 9.53 Å². The van der Waals surface area contributed by atoms with E-state index in [1.165, 1.54) is 16.7 Å². The van der Waals surface area contributed by atoms with Gasteiger partial charge >= 0.3 is 0 Å². The van der Waals surface area contributed by atoms with Gasteiger partial charge in [0.25, 0.3) is 0 Å². The van der Waals surface area contributed by atoms with Crippen LogP contribution in [0.1, 0.15) is 49.4 Å². The molecule has 0 N–H and O–H groups in total. The molecule has 2 atom stereocenters. The van der Waals surface area contributed by atoms with Crippen molar-refractivity contribution in [3.8, 4) is 5.75 Å². The maximum Gasteiger partial charge on any atom is 0.223 e. The summed E-state index contributed by atoms with van der Waals surface area (Å²) < 4.78 is 5.51. The average Bonchev–Trinajstić information content (AvgIpc) is 2.67. The maximum atomic E-state index is 12.8. The van der Waals surface area contributed by atoms with Gasteiger partial charge in [-0.05, 0) is 48.9 Å². The van der Waals surface area contributed by atoms with Crippen LogP contribution in [0.5, 0.6) is 5.75 Å². The van der Waals surface area contributed by atoms with E-state index in [-0.39, 0.29) is 18.0 Å². The third kappa shape index (κ3) is 3.55. The second-order valence-electron chi connectivity index (χ2n) is 6.74. The van der Waals surface area contributed by atoms with E-state index in [1.54, 1.807) is 7.11 Å². The van der Waals surface area contributed by atoms with Gasteiger partial charge < -0.3 is 9.64 Å². The second kappa shape index (κ2) is 7.73. The van der Waals surface area contributed by atoms with E-state index in [4.69, 9.17) is 4.74 Å². The molecule has 0 fully saturated rings. The van der Waals surface area contributed by atoms with E-state index in [9.17, 15) is 4.79 Å². The number of carbonyl (C=O) groups is 1. The topological polar surface area (TPSA) is 29.5 Å². The molecule has 132 valence electrons. The first-order valence-electron chi connectivity index (χ1n) is 9.16. The van der Waals surface area contributed by atoms with Crippen LogP contribution < -0.4 is 4.74 Å². The molecule has 0 bridgehead atoms. The lowest BCUT2D eigenvalue weighted by molar-refractivity contribution is -0.136. The molecule has 0 radical (unpaired) electrons. The molecule has 0 unspecified atom stereocenters. The molecule has 1 amide bonds. The number of rotatable bonds is 5. The Bertz CT molecular complexity index is 726. The third-order valence-corrected chi connectivity index (χ3v) is 5.32. The minimum atomic E-state index is 0.0887. The number of ether oxygens (including phenoxy) is 1. The summed E-state index contributed by atoms with van der Waals surface area (Å²) in [7, 11) is 1.73. The number of benzene rings is 2. The first-order chi connectivity index (χ1) is 12.2. The van der Waals surface area contributed by atoms with Gasteiger partial charge in [0, 0.05) is 12.5 Å². The van der Waals surface area contributed by atoms with Crippen molar-refractivity contribution in [2.45, 2.75) is 51.6 Å². The van der Waals surface area contributed by atoms with Gasteiger partial charge in [-0.15, -0.1) is 0 Å². The van der Waals surface area contributed by atoms with E-state index in [0.29, 0.717) is 6.42 Å². The molecule has 0 heterocycles. The Kier molecular flexibility index (Phi) is 5.42. The van der Waals surface area contributed by atoms with Crippen LogP contribution in [0, 0.1) is 0 Å². The van der Waals surface area contributed by atoms with Crippen LogP contribution >= 0.6 is 0 Å². The van der Waals surface area contributed by atoms with Crippen LogP contribution in [-0.4, -0.2) is 24.0 Å². The van der Waals surface area contributed by atoms with E-state index >= 15 is 0 Å². The van der Waals surface area contributed by atoms with Crippen molar-refractivity contribution in [2.24, 2.45) is 0 Å². The fourth-order valence-electron chi connectivity index (χ4n) is 3.99. The molecule has 1 aliphatic carbocycles. The van der Waals surface area contributed by atoms with Gasteiger partial charge in [0.1, 0.15) is 5.75 Å². The van der Waals surface area contributed by atoms with Gasteiger partial charge in [-0.2, -0.15) is 0 Å². The molecule has 3 heteroatoms. The van der Waals surface area contributed by atoms with Gasteiger partial charge in [-0.25, -0.2) is 0 Å². The van der Waals surface area contributed by atoms with Crippen molar-refractivity contribution in [3.05, 3.63) is 65.2 Å². The molecule has 3 nitrogen and oxygen atoms in total. The van der Waals surface area contributed by atoms with E-state index in [2.05, 4.69) is 30.0 Å². The van der Waals surface area contributed by atoms with Gasteiger partial charge in [0.2, 0.25) is 5.91 Å². The summed E-state index contributed by atoms with van der Waals surface area (Å²) in [5, 5.41) is 0. The Labute approximate surface area is 150 Å². The zero-order valence-electron chi connectivity index (χ0n) is 15.4. The number of methoxy groups -OCH3 is 1. The molecule has 1 aliphatic rings. The first kappa shape index (κ1) is 17.5. The predicted molar refractivity (Wildman–Crippen MR) is 101 cm³/mol. The lowest BCUT2D eigenvalue weighted by Crippen LogP contribution is -2.44. The SMILES string of the molecule is CCC(=O)N([C@H]1CCc2c(cccc2OC)C1)[C@H](C)c1ccccc1. The highest BCUT2D eigenvalue weighted by molar-refractivity contribution is 5.77. The quantitative estimate of drug-likeness (QED) is 0.801. The van der Waals surface area contributed by atoms with Crippen molar-refractivity contribution in [3.63, 3.8) is 0 Å². The second-order valence-corrected chi connectivity index (χ2v) is 6.74. The highest BCUT2D eigenvalue weighted by atomic mass is 16.5. The van der Waals surface area contributed by atoms with Crippen LogP contribution in [-0.2, 0) is 17.6 Å². The van der Waals surface area contributed by atoms with Crippen molar-refractivity contribution in [1.29, 1.82) is 0 Å². The highest BCUT2D eigenvalue weighted by Gasteiger charge is 2.31. The molecule has 0 aromatic heterocycles. The average molecular weight is 337 g/mol. The molecule has 25 heavy (non-hydrogen) atoms. The molecule has 0 saturated heterocycles. The zero-order valence-corrected chi connectivity index (χ0v) is 15.4. The minimum Gasteiger partial charge on any atom is -0.496 e. The Morgan fingerprint density at radius 1 is 1.20 bits per heavy atom. The molecule has 3 rings (SSSR count). The van der Waals surface area contributed by atoms with Gasteiger partial charge in [0.15, 0.2) is 0 Å². The zero-order chi connectivity index (χ0) is 17.8. The van der Waals surface area contributed by atoms with E-state index in [1.807, 2.05) is 37.3 Å². The van der Waals surface area contributed by atoms with Gasteiger partial charge in [-0.3, -0.25) is 4.79 Å². The smallest absolute Gasteiger partial charge is 0.223 e. The Balaban J connectivity index is 1.89. The van der Waals surface area contributed by atoms with Crippen LogP contribution in [0.25, 0.3) is 0 Å². The van der Waals surface area contributed by atoms with Crippen molar-refractivity contribution in [2.75, 3.05) is 7.11 Å². The number of nitrogens with zero attached hydrogens (tertiary/aromatic N) is 1. The van der Waals surface area contributed by atoms with Crippen LogP contribution in [0.15, 0.2) is 48.5 Å². The Morgan fingerprint density at radius 3 is 2.64 bits per heavy atom. The van der Waals surface area contributed by atoms with Gasteiger partial charge in [0.05, 0.1) is 13.2 Å². The van der Waals surface area contributed by atoms with Gasteiger partial charge in [-0.1, -0.05) is 49.4 Å². The van der Waals surface area contributed by atoms with Crippen LogP contribution in [0.3, 0.4) is 0 Å². The van der Waals surface area contributed by atoms with Crippen LogP contribution in [0.4, 0.5) is 0 Å². The standard InChI is InChI=1S/C22H27NO2/c1-4-22(24)23(16(2)17-9-6-5-7-10-17)19-13-14-20-18(15-19)11-8-12-21(20)25-3/h5-12,16,19H,4,13-15H2,1-3H3/t16-,19+/m1/s1. The fraction of sp³-hybridized carbons (Fsp3) is 0.409. The summed E-state index contributed by atoms with van der Waals surface area (Å²) in [4.78, 5) is 14.9. The van der Waals surface area contributed by atoms with Crippen molar-refractivity contribution in [1.82, 2.24) is 4.90 Å². The normalized spacial score (nSPS) is 17.5. The highest BCUT2D eigenvalue weighted by Crippen LogP contribution is 2.34. The molecule has 2 aromatic rings. The third-order valence-electron chi connectivity index (χ3n) is 5.32. The Hall–Kier alpha value is -2.29. The van der Waals surface area contributed by atoms with E-state index < -0.39 is 0 Å². The summed E-state index contributed by atoms with van der Waals surface area (Å²) in [5.41, 5.74) is 3.81. The molecule has 0 aliphatic heterocycles. The summed E-state index contributed by atoms with van der Waals surface area (Å²) in [5.74, 6) is 1.20. The summed E-state index contributed by atoms with van der Waals surface area (Å²) in [6, 6.07) is 16.9. The number of hydrogen-bond acceptors (Lipinski definition) is 2. The fourth-order valence-corrected chi connectivity index (χ4v) is 3.99. The van der Waals surface area contributed by atoms with Crippen LogP contribution in [0.2, 0.25) is 0 Å². The lowest BCUT2D eigenvalue weighted by Gasteiger charge is -2.39. The largest absolute Gasteiger partial charge is 0.496 e. The molecule has 0 saturated carbocycles. The summed E-state index contributed by atoms with van der Waals surface area (Å²) >= 11 is 0. The van der Waals surface area contributed by atoms with E-state index in [0.717, 1.165) is 25.0 Å². The number of amides is 1. The minimum absolute atomic E-state index is 0.0887. The number of carbonyl (C=O) groups excluding carboxylic acids is 1. The summed E-state index contributed by atoms with van der Waals surface area (Å²) in [6.07, 6.45) is 3.38. The molecular weight excluding hydrogens is 310 g/mol. The number of hydrogen-bond donors (Lipinski definition) is 0. The first-order valence-corrected chi connectivity index (χ1v) is 9.16. The molecule has 0 spiro atoms.